The Morgan fingerprint density at radius 1 is 1.21 bits per heavy atom. The number of aryl methyl sites for hydroxylation is 2. The number of hydrogen-bond acceptors (Lipinski definition) is 5. The van der Waals surface area contributed by atoms with Crippen LogP contribution in [0.2, 0.25) is 0 Å². The third-order valence-electron chi connectivity index (χ3n) is 3.02. The number of hydrogen-bond donors (Lipinski definition) is 3. The van der Waals surface area contributed by atoms with Crippen LogP contribution in [0, 0.1) is 13.8 Å². The van der Waals surface area contributed by atoms with Gasteiger partial charge in [0, 0.05) is 25.0 Å². The first-order valence-corrected chi connectivity index (χ1v) is 8.87. The van der Waals surface area contributed by atoms with Gasteiger partial charge >= 0.3 is 6.09 Å². The quantitative estimate of drug-likeness (QED) is 0.414. The molecule has 1 heterocycles. The molecule has 0 aromatic carbocycles. The Bertz CT molecular complexity index is 544. The van der Waals surface area contributed by atoms with Gasteiger partial charge < -0.3 is 20.7 Å². The van der Waals surface area contributed by atoms with Gasteiger partial charge in [-0.15, -0.1) is 11.3 Å². The lowest BCUT2D eigenvalue weighted by atomic mass is 10.2. The standard InChI is InChI=1S/C16H29N5O2S/c1-11-12(2)24-13(21-11)10-20-14(17-6)18-8-7-9-19-15(22)23-16(3,4)5/h7-10H2,1-6H3,(H,19,22)(H2,17,18,20). The second-order valence-corrected chi connectivity index (χ2v) is 7.67. The molecule has 0 aliphatic heterocycles. The number of nitrogens with one attached hydrogen (secondary N) is 3. The van der Waals surface area contributed by atoms with Crippen molar-refractivity contribution in [3.05, 3.63) is 15.6 Å². The zero-order valence-corrected chi connectivity index (χ0v) is 16.3. The predicted octanol–water partition coefficient (Wildman–Crippen LogP) is 2.34. The fourth-order valence-corrected chi connectivity index (χ4v) is 2.67. The number of ether oxygens (including phenoxy) is 1. The normalized spacial score (nSPS) is 12.0. The van der Waals surface area contributed by atoms with Crippen molar-refractivity contribution in [2.45, 2.75) is 53.2 Å². The summed E-state index contributed by atoms with van der Waals surface area (Å²) in [7, 11) is 1.73. The topological polar surface area (TPSA) is 87.6 Å². The number of amides is 1. The summed E-state index contributed by atoms with van der Waals surface area (Å²) >= 11 is 1.69. The van der Waals surface area contributed by atoms with Crippen LogP contribution in [0.3, 0.4) is 0 Å². The van der Waals surface area contributed by atoms with Crippen LogP contribution in [0.15, 0.2) is 4.99 Å². The van der Waals surface area contributed by atoms with E-state index in [9.17, 15) is 4.79 Å². The summed E-state index contributed by atoms with van der Waals surface area (Å²) in [5.41, 5.74) is 0.605. The first kappa shape index (κ1) is 20.2. The van der Waals surface area contributed by atoms with Crippen LogP contribution in [0.25, 0.3) is 0 Å². The Kier molecular flexibility index (Phi) is 7.97. The Morgan fingerprint density at radius 2 is 1.88 bits per heavy atom. The lowest BCUT2D eigenvalue weighted by molar-refractivity contribution is 0.0527. The minimum absolute atomic E-state index is 0.389. The maximum absolute atomic E-state index is 11.5. The Hall–Kier alpha value is -1.83. The van der Waals surface area contributed by atoms with Gasteiger partial charge in [-0.3, -0.25) is 4.99 Å². The summed E-state index contributed by atoms with van der Waals surface area (Å²) < 4.78 is 5.17. The maximum atomic E-state index is 11.5. The molecule has 1 aromatic heterocycles. The average Bonchev–Trinajstić information content (AvgIpc) is 2.78. The van der Waals surface area contributed by atoms with Crippen molar-refractivity contribution in [1.29, 1.82) is 0 Å². The summed E-state index contributed by atoms with van der Waals surface area (Å²) in [5, 5.41) is 10.2. The summed E-state index contributed by atoms with van der Waals surface area (Å²) in [6, 6.07) is 0. The number of carbonyl (C=O) groups excluding carboxylic acids is 1. The summed E-state index contributed by atoms with van der Waals surface area (Å²) in [6.45, 7) is 11.5. The van der Waals surface area contributed by atoms with Gasteiger partial charge in [0.25, 0.3) is 0 Å². The van der Waals surface area contributed by atoms with E-state index in [4.69, 9.17) is 4.74 Å². The van der Waals surface area contributed by atoms with E-state index < -0.39 is 5.60 Å². The van der Waals surface area contributed by atoms with Gasteiger partial charge in [0.1, 0.15) is 10.6 Å². The van der Waals surface area contributed by atoms with Gasteiger partial charge in [-0.05, 0) is 41.0 Å². The van der Waals surface area contributed by atoms with Crippen molar-refractivity contribution < 1.29 is 9.53 Å². The molecule has 0 saturated heterocycles. The molecule has 8 heteroatoms. The lowest BCUT2D eigenvalue weighted by Gasteiger charge is -2.19. The third-order valence-corrected chi connectivity index (χ3v) is 4.09. The van der Waals surface area contributed by atoms with Crippen molar-refractivity contribution in [2.75, 3.05) is 20.1 Å². The van der Waals surface area contributed by atoms with E-state index >= 15 is 0 Å². The first-order valence-electron chi connectivity index (χ1n) is 8.05. The molecule has 1 amide bonds. The highest BCUT2D eigenvalue weighted by Crippen LogP contribution is 2.15. The Morgan fingerprint density at radius 3 is 2.42 bits per heavy atom. The number of rotatable bonds is 6. The number of alkyl carbamates (subject to hydrolysis) is 1. The van der Waals surface area contributed by atoms with E-state index in [2.05, 4.69) is 32.9 Å². The molecule has 3 N–H and O–H groups in total. The molecule has 0 radical (unpaired) electrons. The van der Waals surface area contributed by atoms with Crippen molar-refractivity contribution in [3.8, 4) is 0 Å². The van der Waals surface area contributed by atoms with E-state index in [1.807, 2.05) is 27.7 Å². The highest BCUT2D eigenvalue weighted by Gasteiger charge is 2.15. The number of carbonyl (C=O) groups is 1. The highest BCUT2D eigenvalue weighted by molar-refractivity contribution is 7.11. The number of nitrogens with zero attached hydrogens (tertiary/aromatic N) is 2. The van der Waals surface area contributed by atoms with E-state index in [0.717, 1.165) is 23.1 Å². The number of guanidine groups is 1. The van der Waals surface area contributed by atoms with Gasteiger partial charge in [-0.25, -0.2) is 9.78 Å². The fourth-order valence-electron chi connectivity index (χ4n) is 1.79. The van der Waals surface area contributed by atoms with E-state index in [1.54, 1.807) is 18.4 Å². The second kappa shape index (κ2) is 9.46. The molecular formula is C16H29N5O2S. The van der Waals surface area contributed by atoms with Crippen LogP contribution < -0.4 is 16.0 Å². The van der Waals surface area contributed by atoms with Crippen LogP contribution in [0.5, 0.6) is 0 Å². The van der Waals surface area contributed by atoms with Crippen molar-refractivity contribution in [2.24, 2.45) is 4.99 Å². The monoisotopic (exact) mass is 355 g/mol. The molecule has 0 aliphatic carbocycles. The third kappa shape index (κ3) is 8.14. The fraction of sp³-hybridized carbons (Fsp3) is 0.688. The lowest BCUT2D eigenvalue weighted by Crippen LogP contribution is -2.39. The summed E-state index contributed by atoms with van der Waals surface area (Å²) in [6.07, 6.45) is 0.384. The smallest absolute Gasteiger partial charge is 0.407 e. The largest absolute Gasteiger partial charge is 0.444 e. The molecule has 0 fully saturated rings. The van der Waals surface area contributed by atoms with Crippen LogP contribution in [-0.4, -0.2) is 42.8 Å². The van der Waals surface area contributed by atoms with Crippen molar-refractivity contribution in [3.63, 3.8) is 0 Å². The average molecular weight is 356 g/mol. The molecule has 1 rings (SSSR count). The van der Waals surface area contributed by atoms with Crippen LogP contribution >= 0.6 is 11.3 Å². The highest BCUT2D eigenvalue weighted by atomic mass is 32.1. The molecule has 1 aromatic rings. The SMILES string of the molecule is CN=C(NCCCNC(=O)OC(C)(C)C)NCc1nc(C)c(C)s1. The van der Waals surface area contributed by atoms with Crippen molar-refractivity contribution in [1.82, 2.24) is 20.9 Å². The van der Waals surface area contributed by atoms with E-state index in [0.29, 0.717) is 19.6 Å². The molecule has 0 unspecified atom stereocenters. The van der Waals surface area contributed by atoms with Gasteiger partial charge in [0.05, 0.1) is 12.2 Å². The second-order valence-electron chi connectivity index (χ2n) is 6.38. The molecular weight excluding hydrogens is 326 g/mol. The number of aliphatic imine (C=N–C) groups is 1. The molecule has 0 bridgehead atoms. The zero-order valence-electron chi connectivity index (χ0n) is 15.4. The summed E-state index contributed by atoms with van der Waals surface area (Å²) in [4.78, 5) is 21.4. The molecule has 0 saturated carbocycles. The van der Waals surface area contributed by atoms with Crippen LogP contribution in [-0.2, 0) is 11.3 Å². The van der Waals surface area contributed by atoms with Gasteiger partial charge in [0.15, 0.2) is 5.96 Å². The zero-order chi connectivity index (χ0) is 18.2. The van der Waals surface area contributed by atoms with Crippen LogP contribution in [0.4, 0.5) is 4.79 Å². The Balaban J connectivity index is 2.19. The minimum atomic E-state index is -0.471. The first-order chi connectivity index (χ1) is 11.2. The molecule has 24 heavy (non-hydrogen) atoms. The number of thiazole rings is 1. The molecule has 0 atom stereocenters. The van der Waals surface area contributed by atoms with Gasteiger partial charge in [-0.1, -0.05) is 0 Å². The Labute approximate surface area is 148 Å². The minimum Gasteiger partial charge on any atom is -0.444 e. The number of aromatic nitrogens is 1. The van der Waals surface area contributed by atoms with Crippen molar-refractivity contribution >= 4 is 23.4 Å². The van der Waals surface area contributed by atoms with E-state index in [1.165, 1.54) is 4.88 Å². The molecule has 136 valence electrons. The van der Waals surface area contributed by atoms with Crippen LogP contribution in [0.1, 0.15) is 42.8 Å². The summed E-state index contributed by atoms with van der Waals surface area (Å²) in [5.74, 6) is 0.720. The van der Waals surface area contributed by atoms with E-state index in [-0.39, 0.29) is 6.09 Å². The van der Waals surface area contributed by atoms with Gasteiger partial charge in [-0.2, -0.15) is 0 Å². The molecule has 7 nitrogen and oxygen atoms in total. The van der Waals surface area contributed by atoms with Gasteiger partial charge in [0.2, 0.25) is 0 Å². The molecule has 0 aliphatic rings. The maximum Gasteiger partial charge on any atom is 0.407 e. The predicted molar refractivity (Wildman–Crippen MR) is 98.6 cm³/mol. The molecule has 0 spiro atoms.